The lowest BCUT2D eigenvalue weighted by atomic mass is 10.1. The quantitative estimate of drug-likeness (QED) is 0.458. The second kappa shape index (κ2) is 8.75. The van der Waals surface area contributed by atoms with Crippen LogP contribution in [-0.2, 0) is 18.3 Å². The minimum absolute atomic E-state index is 0.101. The number of benzene rings is 2. The molecule has 0 saturated carbocycles. The monoisotopic (exact) mass is 464 g/mol. The smallest absolute Gasteiger partial charge is 0.262 e. The summed E-state index contributed by atoms with van der Waals surface area (Å²) < 4.78 is 8.77. The van der Waals surface area contributed by atoms with Gasteiger partial charge in [0, 0.05) is 28.7 Å². The number of hydrogen-bond donors (Lipinski definition) is 1. The summed E-state index contributed by atoms with van der Waals surface area (Å²) in [6.07, 6.45) is 0.101. The Hall–Kier alpha value is -3.58. The Morgan fingerprint density at radius 2 is 1.76 bits per heavy atom. The molecule has 7 nitrogen and oxygen atoms in total. The van der Waals surface area contributed by atoms with Crippen molar-refractivity contribution in [1.29, 1.82) is 0 Å². The van der Waals surface area contributed by atoms with Crippen LogP contribution in [0, 0.1) is 20.8 Å². The van der Waals surface area contributed by atoms with Gasteiger partial charge in [-0.25, -0.2) is 0 Å². The molecule has 0 unspecified atom stereocenters. The van der Waals surface area contributed by atoms with E-state index in [2.05, 4.69) is 10.4 Å². The highest BCUT2D eigenvalue weighted by atomic mass is 35.5. The van der Waals surface area contributed by atoms with Crippen molar-refractivity contribution in [3.05, 3.63) is 75.7 Å². The first-order chi connectivity index (χ1) is 15.7. The number of hydrogen-bond acceptors (Lipinski definition) is 4. The van der Waals surface area contributed by atoms with Crippen molar-refractivity contribution in [1.82, 2.24) is 14.3 Å². The third-order valence-corrected chi connectivity index (χ3v) is 6.20. The van der Waals surface area contributed by atoms with Gasteiger partial charge in [-0.3, -0.25) is 18.8 Å². The second-order valence-corrected chi connectivity index (χ2v) is 8.43. The van der Waals surface area contributed by atoms with Gasteiger partial charge < -0.3 is 10.1 Å². The molecule has 170 valence electrons. The van der Waals surface area contributed by atoms with Crippen LogP contribution in [0.25, 0.3) is 10.9 Å². The SMILES string of the molecule is COc1ccc2c(c1)c(CC(=O)Nc1c(C)nn(C)c1C)c(C)n2C(=O)c1ccc(Cl)cc1. The summed E-state index contributed by atoms with van der Waals surface area (Å²) in [5.41, 5.74) is 5.02. The van der Waals surface area contributed by atoms with Crippen molar-refractivity contribution in [3.63, 3.8) is 0 Å². The maximum absolute atomic E-state index is 13.4. The molecule has 0 saturated heterocycles. The zero-order chi connectivity index (χ0) is 23.9. The van der Waals surface area contributed by atoms with Gasteiger partial charge in [0.05, 0.1) is 36.1 Å². The molecule has 4 rings (SSSR count). The van der Waals surface area contributed by atoms with E-state index in [-0.39, 0.29) is 18.2 Å². The van der Waals surface area contributed by atoms with Crippen LogP contribution in [0.3, 0.4) is 0 Å². The van der Waals surface area contributed by atoms with Crippen molar-refractivity contribution < 1.29 is 14.3 Å². The van der Waals surface area contributed by atoms with Gasteiger partial charge in [-0.2, -0.15) is 5.10 Å². The Labute approximate surface area is 196 Å². The Morgan fingerprint density at radius 1 is 1.06 bits per heavy atom. The molecule has 0 aliphatic heterocycles. The lowest BCUT2D eigenvalue weighted by Crippen LogP contribution is -2.17. The predicted molar refractivity (Wildman–Crippen MR) is 129 cm³/mol. The minimum Gasteiger partial charge on any atom is -0.497 e. The van der Waals surface area contributed by atoms with Crippen LogP contribution in [0.15, 0.2) is 42.5 Å². The molecule has 0 radical (unpaired) electrons. The highest BCUT2D eigenvalue weighted by molar-refractivity contribution is 6.30. The molecule has 4 aromatic rings. The number of nitrogens with zero attached hydrogens (tertiary/aromatic N) is 3. The summed E-state index contributed by atoms with van der Waals surface area (Å²) in [4.78, 5) is 26.5. The number of carbonyl (C=O) groups excluding carboxylic acids is 2. The fraction of sp³-hybridized carbons (Fsp3) is 0.240. The number of aromatic nitrogens is 3. The van der Waals surface area contributed by atoms with Gasteiger partial charge >= 0.3 is 0 Å². The number of ether oxygens (including phenoxy) is 1. The van der Waals surface area contributed by atoms with Gasteiger partial charge in [-0.05, 0) is 68.8 Å². The van der Waals surface area contributed by atoms with E-state index >= 15 is 0 Å². The molecule has 0 spiro atoms. The summed E-state index contributed by atoms with van der Waals surface area (Å²) in [5.74, 6) is 0.280. The average Bonchev–Trinajstić information content (AvgIpc) is 3.20. The topological polar surface area (TPSA) is 78.2 Å². The molecule has 0 bridgehead atoms. The molecule has 1 amide bonds. The largest absolute Gasteiger partial charge is 0.497 e. The van der Waals surface area contributed by atoms with Gasteiger partial charge in [-0.1, -0.05) is 11.6 Å². The fourth-order valence-electron chi connectivity index (χ4n) is 4.09. The fourth-order valence-corrected chi connectivity index (χ4v) is 4.22. The predicted octanol–water partition coefficient (Wildman–Crippen LogP) is 4.83. The number of amides is 1. The number of halogens is 1. The van der Waals surface area contributed by atoms with E-state index in [1.807, 2.05) is 40.0 Å². The molecular weight excluding hydrogens is 440 g/mol. The highest BCUT2D eigenvalue weighted by Crippen LogP contribution is 2.31. The molecule has 8 heteroatoms. The molecular formula is C25H25ClN4O3. The Morgan fingerprint density at radius 3 is 2.36 bits per heavy atom. The molecule has 2 aromatic heterocycles. The molecule has 2 aromatic carbocycles. The van der Waals surface area contributed by atoms with Crippen molar-refractivity contribution in [3.8, 4) is 5.75 Å². The minimum atomic E-state index is -0.190. The Bertz CT molecular complexity index is 1380. The highest BCUT2D eigenvalue weighted by Gasteiger charge is 2.23. The van der Waals surface area contributed by atoms with E-state index in [0.29, 0.717) is 33.2 Å². The zero-order valence-electron chi connectivity index (χ0n) is 19.2. The lowest BCUT2D eigenvalue weighted by Gasteiger charge is -2.09. The standard InChI is InChI=1S/C25H25ClN4O3/c1-14-24(16(3)29(4)28-14)27-23(31)13-20-15(2)30(22-11-10-19(33-5)12-21(20)22)25(32)17-6-8-18(26)9-7-17/h6-12H,13H2,1-5H3,(H,27,31). The lowest BCUT2D eigenvalue weighted by molar-refractivity contribution is -0.115. The number of fused-ring (bicyclic) bond motifs is 1. The van der Waals surface area contributed by atoms with Crippen molar-refractivity contribution >= 4 is 40.0 Å². The van der Waals surface area contributed by atoms with Crippen LogP contribution < -0.4 is 10.1 Å². The van der Waals surface area contributed by atoms with Gasteiger partial charge in [0.25, 0.3) is 5.91 Å². The number of anilines is 1. The Kier molecular flexibility index (Phi) is 5.99. The number of rotatable bonds is 5. The summed E-state index contributed by atoms with van der Waals surface area (Å²) in [6, 6.07) is 12.3. The third kappa shape index (κ3) is 4.12. The summed E-state index contributed by atoms with van der Waals surface area (Å²) in [7, 11) is 3.43. The second-order valence-electron chi connectivity index (χ2n) is 7.99. The maximum Gasteiger partial charge on any atom is 0.262 e. The van der Waals surface area contributed by atoms with Crippen molar-refractivity contribution in [2.45, 2.75) is 27.2 Å². The van der Waals surface area contributed by atoms with E-state index in [1.165, 1.54) is 0 Å². The summed E-state index contributed by atoms with van der Waals surface area (Å²) >= 11 is 5.99. The average molecular weight is 465 g/mol. The first-order valence-electron chi connectivity index (χ1n) is 10.5. The molecule has 0 aliphatic carbocycles. The summed E-state index contributed by atoms with van der Waals surface area (Å²) in [5, 5.41) is 8.69. The first-order valence-corrected chi connectivity index (χ1v) is 10.9. The van der Waals surface area contributed by atoms with Crippen molar-refractivity contribution in [2.24, 2.45) is 7.05 Å². The van der Waals surface area contributed by atoms with Gasteiger partial charge in [0.15, 0.2) is 0 Å². The zero-order valence-corrected chi connectivity index (χ0v) is 19.9. The van der Waals surface area contributed by atoms with E-state index in [1.54, 1.807) is 46.7 Å². The van der Waals surface area contributed by atoms with Gasteiger partial charge in [0.2, 0.25) is 5.91 Å². The van der Waals surface area contributed by atoms with Crippen LogP contribution >= 0.6 is 11.6 Å². The maximum atomic E-state index is 13.4. The van der Waals surface area contributed by atoms with Crippen LogP contribution in [0.4, 0.5) is 5.69 Å². The van der Waals surface area contributed by atoms with E-state index in [9.17, 15) is 9.59 Å². The first kappa shape index (κ1) is 22.6. The van der Waals surface area contributed by atoms with Gasteiger partial charge in [-0.15, -0.1) is 0 Å². The van der Waals surface area contributed by atoms with Crippen LogP contribution in [0.1, 0.15) is 33.0 Å². The molecule has 0 atom stereocenters. The normalized spacial score (nSPS) is 11.1. The molecule has 1 N–H and O–H groups in total. The van der Waals surface area contributed by atoms with E-state index in [0.717, 1.165) is 22.3 Å². The third-order valence-electron chi connectivity index (χ3n) is 5.95. The van der Waals surface area contributed by atoms with E-state index < -0.39 is 0 Å². The number of aryl methyl sites for hydroxylation is 2. The Balaban J connectivity index is 1.77. The number of methoxy groups -OCH3 is 1. The number of nitrogens with one attached hydrogen (secondary N) is 1. The molecule has 0 fully saturated rings. The number of carbonyl (C=O) groups is 2. The van der Waals surface area contributed by atoms with Crippen molar-refractivity contribution in [2.75, 3.05) is 12.4 Å². The van der Waals surface area contributed by atoms with Crippen LogP contribution in [0.2, 0.25) is 5.02 Å². The molecule has 33 heavy (non-hydrogen) atoms. The molecule has 0 aliphatic rings. The summed E-state index contributed by atoms with van der Waals surface area (Å²) in [6.45, 7) is 5.61. The van der Waals surface area contributed by atoms with Crippen LogP contribution in [0.5, 0.6) is 5.75 Å². The molecule has 2 heterocycles. The van der Waals surface area contributed by atoms with E-state index in [4.69, 9.17) is 16.3 Å². The van der Waals surface area contributed by atoms with Gasteiger partial charge in [0.1, 0.15) is 5.75 Å². The van der Waals surface area contributed by atoms with Crippen LogP contribution in [-0.4, -0.2) is 33.3 Å².